The van der Waals surface area contributed by atoms with Gasteiger partial charge in [0, 0.05) is 26.4 Å². The van der Waals surface area contributed by atoms with E-state index in [9.17, 15) is 9.59 Å². The van der Waals surface area contributed by atoms with Gasteiger partial charge in [0.15, 0.2) is 0 Å². The molecule has 1 heterocycles. The average molecular weight is 229 g/mol. The summed E-state index contributed by atoms with van der Waals surface area (Å²) in [5, 5.41) is 0. The Labute approximate surface area is 98.4 Å². The van der Waals surface area contributed by atoms with Crippen LogP contribution in [0.4, 0.5) is 4.79 Å². The lowest BCUT2D eigenvalue weighted by Gasteiger charge is -2.41. The minimum Gasteiger partial charge on any atom is -0.444 e. The summed E-state index contributed by atoms with van der Waals surface area (Å²) in [5.74, 6) is 0.526. The van der Waals surface area contributed by atoms with E-state index in [4.69, 9.17) is 4.74 Å². The van der Waals surface area contributed by atoms with Crippen LogP contribution in [-0.4, -0.2) is 35.5 Å². The molecule has 16 heavy (non-hydrogen) atoms. The predicted octanol–water partition coefficient (Wildman–Crippen LogP) is 2.32. The summed E-state index contributed by atoms with van der Waals surface area (Å²) >= 11 is 0. The maximum Gasteiger partial charge on any atom is 0.410 e. The fraction of sp³-hybridized carbons (Fsp3) is 0.833. The van der Waals surface area contributed by atoms with Gasteiger partial charge < -0.3 is 9.64 Å². The number of hydrogen-bond acceptors (Lipinski definition) is 3. The van der Waals surface area contributed by atoms with Crippen LogP contribution in [0.15, 0.2) is 0 Å². The van der Waals surface area contributed by atoms with E-state index in [2.05, 4.69) is 0 Å². The predicted molar refractivity (Wildman–Crippen MR) is 63.3 cm³/mol. The van der Waals surface area contributed by atoms with Gasteiger partial charge in [0.05, 0.1) is 0 Å². The van der Waals surface area contributed by atoms with Crippen molar-refractivity contribution < 1.29 is 15.8 Å². The van der Waals surface area contributed by atoms with Crippen molar-refractivity contribution in [1.29, 1.82) is 0 Å². The highest BCUT2D eigenvalue weighted by Crippen LogP contribution is 2.26. The molecule has 1 unspecified atom stereocenters. The molecule has 94 valence electrons. The lowest BCUT2D eigenvalue weighted by atomic mass is 9.85. The summed E-state index contributed by atoms with van der Waals surface area (Å²) in [6.07, 6.45) is -0.278. The van der Waals surface area contributed by atoms with Crippen LogP contribution >= 0.6 is 0 Å². The third-order valence-electron chi connectivity index (χ3n) is 2.91. The molecule has 1 saturated heterocycles. The zero-order valence-corrected chi connectivity index (χ0v) is 10.7. The lowest BCUT2D eigenvalue weighted by Crippen LogP contribution is -2.54. The molecule has 0 aliphatic carbocycles. The third kappa shape index (κ3) is 3.22. The quantitative estimate of drug-likeness (QED) is 0.730. The lowest BCUT2D eigenvalue weighted by molar-refractivity contribution is -0.124. The molecule has 0 aromatic heterocycles. The number of hydrogen-bond donors (Lipinski definition) is 0. The molecule has 0 spiro atoms. The molecule has 0 aromatic carbocycles. The van der Waals surface area contributed by atoms with Gasteiger partial charge in [-0.15, -0.1) is 0 Å². The first kappa shape index (κ1) is 13.0. The highest BCUT2D eigenvalue weighted by molar-refractivity contribution is 5.79. The van der Waals surface area contributed by atoms with Gasteiger partial charge in [0.2, 0.25) is 0 Å². The number of ketones is 1. The molecular weight excluding hydrogens is 206 g/mol. The highest BCUT2D eigenvalue weighted by Gasteiger charge is 2.37. The molecule has 0 aromatic rings. The number of carbonyl (C=O) groups excluding carboxylic acids is 2. The number of likely N-dealkylation sites (tertiary alicyclic amines) is 1. The molecule has 0 radical (unpaired) electrons. The van der Waals surface area contributed by atoms with Crippen molar-refractivity contribution in [2.45, 2.75) is 40.2 Å². The number of carbonyl (C=O) groups is 2. The molecule has 1 amide bonds. The number of amides is 1. The standard InChI is InChI=1S/C12H21NO3.H2/c1-8(9(2)14)10-6-13(7-10)11(15)16-12(3,4)5;/h8,10H,6-7H2,1-5H3;1H. The molecule has 1 aliphatic heterocycles. The third-order valence-corrected chi connectivity index (χ3v) is 2.91. The maximum atomic E-state index is 11.6. The van der Waals surface area contributed by atoms with Gasteiger partial charge in [0.25, 0.3) is 0 Å². The van der Waals surface area contributed by atoms with Gasteiger partial charge in [-0.2, -0.15) is 0 Å². The second-order valence-corrected chi connectivity index (χ2v) is 5.54. The van der Waals surface area contributed by atoms with Gasteiger partial charge in [-0.25, -0.2) is 4.79 Å². The van der Waals surface area contributed by atoms with Gasteiger partial charge in [0.1, 0.15) is 11.4 Å². The molecule has 1 rings (SSSR count). The first-order chi connectivity index (χ1) is 7.20. The smallest absolute Gasteiger partial charge is 0.410 e. The van der Waals surface area contributed by atoms with Crippen LogP contribution in [0.3, 0.4) is 0 Å². The van der Waals surface area contributed by atoms with E-state index in [1.165, 1.54) is 0 Å². The fourth-order valence-corrected chi connectivity index (χ4v) is 1.64. The van der Waals surface area contributed by atoms with E-state index >= 15 is 0 Å². The Bertz CT molecular complexity index is 293. The van der Waals surface area contributed by atoms with Crippen molar-refractivity contribution in [3.05, 3.63) is 0 Å². The Kier molecular flexibility index (Phi) is 3.61. The Morgan fingerprint density at radius 1 is 1.38 bits per heavy atom. The fourth-order valence-electron chi connectivity index (χ4n) is 1.64. The second-order valence-electron chi connectivity index (χ2n) is 5.54. The Morgan fingerprint density at radius 3 is 2.25 bits per heavy atom. The van der Waals surface area contributed by atoms with Crippen molar-refractivity contribution in [2.75, 3.05) is 13.1 Å². The van der Waals surface area contributed by atoms with E-state index < -0.39 is 5.60 Å². The molecule has 0 saturated carbocycles. The van der Waals surface area contributed by atoms with Gasteiger partial charge in [-0.3, -0.25) is 4.79 Å². The monoisotopic (exact) mass is 229 g/mol. The Morgan fingerprint density at radius 2 is 1.88 bits per heavy atom. The average Bonchev–Trinajstić information content (AvgIpc) is 1.96. The van der Waals surface area contributed by atoms with Crippen LogP contribution < -0.4 is 0 Å². The maximum absolute atomic E-state index is 11.6. The van der Waals surface area contributed by atoms with Crippen LogP contribution in [0, 0.1) is 11.8 Å². The summed E-state index contributed by atoms with van der Waals surface area (Å²) in [4.78, 5) is 24.4. The topological polar surface area (TPSA) is 46.6 Å². The zero-order chi connectivity index (χ0) is 12.5. The van der Waals surface area contributed by atoms with E-state index in [1.807, 2.05) is 27.7 Å². The first-order valence-electron chi connectivity index (χ1n) is 5.69. The largest absolute Gasteiger partial charge is 0.444 e. The van der Waals surface area contributed by atoms with Crippen molar-refractivity contribution in [2.24, 2.45) is 11.8 Å². The number of Topliss-reactive ketones (excluding diaryl/α,β-unsaturated/α-hetero) is 1. The van der Waals surface area contributed by atoms with E-state index in [0.717, 1.165) is 0 Å². The molecular formula is C12H23NO3. The molecule has 1 atom stereocenters. The normalized spacial score (nSPS) is 18.9. The van der Waals surface area contributed by atoms with Crippen molar-refractivity contribution in [3.63, 3.8) is 0 Å². The van der Waals surface area contributed by atoms with E-state index in [-0.39, 0.29) is 19.2 Å². The van der Waals surface area contributed by atoms with Crippen LogP contribution in [0.2, 0.25) is 0 Å². The van der Waals surface area contributed by atoms with Crippen LogP contribution in [0.25, 0.3) is 0 Å². The summed E-state index contributed by atoms with van der Waals surface area (Å²) < 4.78 is 5.23. The van der Waals surface area contributed by atoms with Crippen LogP contribution in [-0.2, 0) is 9.53 Å². The Hall–Kier alpha value is -1.06. The molecule has 4 heteroatoms. The van der Waals surface area contributed by atoms with Crippen molar-refractivity contribution in [3.8, 4) is 0 Å². The zero-order valence-electron chi connectivity index (χ0n) is 10.7. The van der Waals surface area contributed by atoms with Crippen molar-refractivity contribution >= 4 is 11.9 Å². The molecule has 1 fully saturated rings. The minimum absolute atomic E-state index is 0. The van der Waals surface area contributed by atoms with Crippen LogP contribution in [0.1, 0.15) is 36.0 Å². The van der Waals surface area contributed by atoms with E-state index in [1.54, 1.807) is 11.8 Å². The van der Waals surface area contributed by atoms with Gasteiger partial charge in [-0.1, -0.05) is 6.92 Å². The number of rotatable bonds is 2. The summed E-state index contributed by atoms with van der Waals surface area (Å²) in [6, 6.07) is 0. The second kappa shape index (κ2) is 4.44. The molecule has 0 bridgehead atoms. The Balaban J connectivity index is 0.00000256. The summed E-state index contributed by atoms with van der Waals surface area (Å²) in [6.45, 7) is 10.3. The molecule has 4 nitrogen and oxygen atoms in total. The van der Waals surface area contributed by atoms with Crippen LogP contribution in [0.5, 0.6) is 0 Å². The summed E-state index contributed by atoms with van der Waals surface area (Å²) in [7, 11) is 0. The molecule has 0 N–H and O–H groups in total. The van der Waals surface area contributed by atoms with E-state index in [0.29, 0.717) is 19.0 Å². The highest BCUT2D eigenvalue weighted by atomic mass is 16.6. The van der Waals surface area contributed by atoms with Gasteiger partial charge >= 0.3 is 6.09 Å². The number of ether oxygens (including phenoxy) is 1. The summed E-state index contributed by atoms with van der Waals surface area (Å²) in [5.41, 5.74) is -0.450. The number of nitrogens with zero attached hydrogens (tertiary/aromatic N) is 1. The SMILES string of the molecule is CC(=O)C(C)C1CN(C(=O)OC(C)(C)C)C1.[HH]. The van der Waals surface area contributed by atoms with Crippen molar-refractivity contribution in [1.82, 2.24) is 4.90 Å². The molecule has 1 aliphatic rings. The minimum atomic E-state index is -0.450. The first-order valence-corrected chi connectivity index (χ1v) is 5.69. The van der Waals surface area contributed by atoms with Gasteiger partial charge in [-0.05, 0) is 27.7 Å².